The first-order chi connectivity index (χ1) is 14.3. The van der Waals surface area contributed by atoms with Gasteiger partial charge in [-0.3, -0.25) is 4.79 Å². The van der Waals surface area contributed by atoms with Crippen molar-refractivity contribution in [3.63, 3.8) is 0 Å². The first-order valence-electron chi connectivity index (χ1n) is 8.43. The molecule has 0 aliphatic rings. The highest BCUT2D eigenvalue weighted by Crippen LogP contribution is 2.12. The number of esters is 1. The van der Waals surface area contributed by atoms with Gasteiger partial charge in [0.05, 0.1) is 0 Å². The molecule has 0 amide bonds. The van der Waals surface area contributed by atoms with Crippen LogP contribution in [0.5, 0.6) is 5.75 Å². The topological polar surface area (TPSA) is 109 Å². The second-order valence-electron chi connectivity index (χ2n) is 5.57. The zero-order chi connectivity index (χ0) is 22.0. The van der Waals surface area contributed by atoms with Crippen molar-refractivity contribution < 1.29 is 37.3 Å². The molecule has 0 saturated heterocycles. The number of alkyl halides is 3. The zero-order valence-electron chi connectivity index (χ0n) is 15.3. The first-order valence-corrected chi connectivity index (χ1v) is 8.43. The van der Waals surface area contributed by atoms with Crippen molar-refractivity contribution in [1.29, 1.82) is 0 Å². The van der Waals surface area contributed by atoms with Crippen LogP contribution in [0.4, 0.5) is 13.2 Å². The number of hydrogen-bond donors (Lipinski definition) is 0. The van der Waals surface area contributed by atoms with E-state index in [1.54, 1.807) is 47.7 Å². The summed E-state index contributed by atoms with van der Waals surface area (Å²) in [6, 6.07) is 12.6. The number of aryl methyl sites for hydroxylation is 1. The number of para-hydroxylation sites is 1. The molecule has 1 aromatic carbocycles. The maximum atomic E-state index is 11.8. The number of carbonyl (C=O) groups excluding carboxylic acids is 2. The molecule has 0 fully saturated rings. The van der Waals surface area contributed by atoms with Crippen molar-refractivity contribution in [2.75, 3.05) is 0 Å². The molecule has 0 aliphatic carbocycles. The van der Waals surface area contributed by atoms with Crippen molar-refractivity contribution in [1.82, 2.24) is 15.1 Å². The number of benzene rings is 1. The predicted octanol–water partition coefficient (Wildman–Crippen LogP) is 1.12. The summed E-state index contributed by atoms with van der Waals surface area (Å²) in [5.41, 5.74) is 0.828. The molecule has 0 aliphatic heterocycles. The summed E-state index contributed by atoms with van der Waals surface area (Å²) in [6.45, 7) is 0.446. The predicted molar refractivity (Wildman–Crippen MR) is 93.2 cm³/mol. The molecule has 0 radical (unpaired) electrons. The Labute approximate surface area is 168 Å². The van der Waals surface area contributed by atoms with E-state index in [1.807, 2.05) is 24.3 Å². The van der Waals surface area contributed by atoms with E-state index in [-0.39, 0.29) is 12.4 Å². The first kappa shape index (κ1) is 22.4. The quantitative estimate of drug-likeness (QED) is 0.346. The highest BCUT2D eigenvalue weighted by molar-refractivity contribution is 5.72. The van der Waals surface area contributed by atoms with Crippen molar-refractivity contribution in [2.24, 2.45) is 0 Å². The van der Waals surface area contributed by atoms with E-state index >= 15 is 0 Å². The maximum absolute atomic E-state index is 11.8. The van der Waals surface area contributed by atoms with Crippen LogP contribution in [-0.2, 0) is 16.1 Å². The Balaban J connectivity index is 0.000000396. The van der Waals surface area contributed by atoms with Gasteiger partial charge >= 0.3 is 12.1 Å². The number of nitrogens with zero attached hydrogens (tertiary/aromatic N) is 4. The largest absolute Gasteiger partial charge is 0.542 e. The van der Waals surface area contributed by atoms with Gasteiger partial charge in [-0.15, -0.1) is 0 Å². The number of ether oxygens (including phenoxy) is 1. The number of halogens is 3. The van der Waals surface area contributed by atoms with Crippen LogP contribution in [0.3, 0.4) is 0 Å². The molecule has 30 heavy (non-hydrogen) atoms. The highest BCUT2D eigenvalue weighted by Gasteiger charge is 2.28. The summed E-state index contributed by atoms with van der Waals surface area (Å²) < 4.78 is 38.5. The molecule has 0 spiro atoms. The Morgan fingerprint density at radius 1 is 1.03 bits per heavy atom. The van der Waals surface area contributed by atoms with E-state index in [0.717, 1.165) is 5.56 Å². The molecule has 3 rings (SSSR count). The molecule has 2 aromatic heterocycles. The SMILES string of the molecule is O=C(CC[n+]1ccc(-c2ncccn2)cn1)Oc1ccccc1.O=C([O-])C(F)(F)F. The van der Waals surface area contributed by atoms with Crippen molar-refractivity contribution in [3.8, 4) is 17.1 Å². The summed E-state index contributed by atoms with van der Waals surface area (Å²) in [5, 5.41) is 13.0. The molecule has 0 N–H and O–H groups in total. The van der Waals surface area contributed by atoms with Crippen LogP contribution in [0, 0.1) is 0 Å². The molecule has 8 nitrogen and oxygen atoms in total. The van der Waals surface area contributed by atoms with E-state index in [9.17, 15) is 18.0 Å². The monoisotopic (exact) mass is 420 g/mol. The number of aliphatic carboxylic acids is 1. The molecule has 11 heteroatoms. The van der Waals surface area contributed by atoms with Gasteiger partial charge in [0.15, 0.2) is 18.6 Å². The lowest BCUT2D eigenvalue weighted by Crippen LogP contribution is -2.38. The highest BCUT2D eigenvalue weighted by atomic mass is 19.4. The average Bonchev–Trinajstić information content (AvgIpc) is 2.74. The van der Waals surface area contributed by atoms with Gasteiger partial charge < -0.3 is 14.6 Å². The molecule has 0 atom stereocenters. The van der Waals surface area contributed by atoms with Gasteiger partial charge in [-0.2, -0.15) is 13.2 Å². The third kappa shape index (κ3) is 7.62. The molecular formula is C19H15F3N4O4. The molecule has 3 aromatic rings. The van der Waals surface area contributed by atoms with E-state index in [4.69, 9.17) is 14.6 Å². The van der Waals surface area contributed by atoms with E-state index < -0.39 is 12.1 Å². The van der Waals surface area contributed by atoms with Crippen molar-refractivity contribution >= 4 is 11.9 Å². The fraction of sp³-hybridized carbons (Fsp3) is 0.158. The smallest absolute Gasteiger partial charge is 0.430 e. The number of hydrogen-bond acceptors (Lipinski definition) is 7. The third-order valence-electron chi connectivity index (χ3n) is 3.35. The number of aromatic nitrogens is 4. The van der Waals surface area contributed by atoms with Gasteiger partial charge in [-0.25, -0.2) is 9.97 Å². The van der Waals surface area contributed by atoms with Crippen LogP contribution in [0.25, 0.3) is 11.4 Å². The van der Waals surface area contributed by atoms with Crippen LogP contribution in [0.2, 0.25) is 0 Å². The Bertz CT molecular complexity index is 953. The summed E-state index contributed by atoms with van der Waals surface area (Å²) in [5.74, 6) is -2.13. The lowest BCUT2D eigenvalue weighted by Gasteiger charge is -2.03. The summed E-state index contributed by atoms with van der Waals surface area (Å²) in [6.07, 6.45) is 1.89. The van der Waals surface area contributed by atoms with Crippen molar-refractivity contribution in [3.05, 3.63) is 67.3 Å². The maximum Gasteiger partial charge on any atom is 0.430 e. The minimum absolute atomic E-state index is 0.244. The number of rotatable bonds is 5. The van der Waals surface area contributed by atoms with Gasteiger partial charge in [0, 0.05) is 24.0 Å². The third-order valence-corrected chi connectivity index (χ3v) is 3.35. The molecule has 0 saturated carbocycles. The molecule has 156 valence electrons. The standard InChI is InChI=1S/C17H15N4O2.C2HF3O2/c22-16(23-15-5-2-1-3-6-15)8-12-21-11-7-14(13-20-21)17-18-9-4-10-19-17;3-2(4,5)1(6)7/h1-7,9-11,13H,8,12H2;(H,6,7)/q+1;/p-1. The summed E-state index contributed by atoms with van der Waals surface area (Å²) in [7, 11) is 0. The minimum Gasteiger partial charge on any atom is -0.542 e. The Hall–Kier alpha value is -3.89. The lowest BCUT2D eigenvalue weighted by atomic mass is 10.3. The number of carboxylic acid groups (broad SMARTS) is 1. The van der Waals surface area contributed by atoms with Gasteiger partial charge in [0.2, 0.25) is 0 Å². The van der Waals surface area contributed by atoms with Gasteiger partial charge in [0.1, 0.15) is 24.3 Å². The Morgan fingerprint density at radius 2 is 1.67 bits per heavy atom. The summed E-state index contributed by atoms with van der Waals surface area (Å²) in [4.78, 5) is 28.9. The number of carbonyl (C=O) groups is 2. The normalized spacial score (nSPS) is 10.5. The van der Waals surface area contributed by atoms with E-state index in [1.165, 1.54) is 0 Å². The molecule has 0 bridgehead atoms. The van der Waals surface area contributed by atoms with Crippen LogP contribution < -0.4 is 14.5 Å². The molecular weight excluding hydrogens is 405 g/mol. The fourth-order valence-electron chi connectivity index (χ4n) is 1.97. The van der Waals surface area contributed by atoms with Crippen LogP contribution in [0.15, 0.2) is 67.3 Å². The second-order valence-corrected chi connectivity index (χ2v) is 5.57. The van der Waals surface area contributed by atoms with Crippen molar-refractivity contribution in [2.45, 2.75) is 19.1 Å². The number of carboxylic acids is 1. The minimum atomic E-state index is -5.19. The average molecular weight is 420 g/mol. The molecule has 2 heterocycles. The second kappa shape index (κ2) is 10.6. The Morgan fingerprint density at radius 3 is 2.20 bits per heavy atom. The van der Waals surface area contributed by atoms with E-state index in [2.05, 4.69) is 15.1 Å². The van der Waals surface area contributed by atoms with E-state index in [0.29, 0.717) is 18.1 Å². The fourth-order valence-corrected chi connectivity index (χ4v) is 1.97. The van der Waals surface area contributed by atoms with Crippen LogP contribution >= 0.6 is 0 Å². The van der Waals surface area contributed by atoms with Gasteiger partial charge in [-0.05, 0) is 23.3 Å². The van der Waals surface area contributed by atoms with Crippen LogP contribution in [-0.4, -0.2) is 33.2 Å². The van der Waals surface area contributed by atoms with Crippen LogP contribution in [0.1, 0.15) is 6.42 Å². The summed E-state index contributed by atoms with van der Waals surface area (Å²) >= 11 is 0. The zero-order valence-corrected chi connectivity index (χ0v) is 15.3. The Kier molecular flexibility index (Phi) is 7.91. The van der Waals surface area contributed by atoms with Gasteiger partial charge in [-0.1, -0.05) is 22.9 Å². The van der Waals surface area contributed by atoms with Gasteiger partial charge in [0.25, 0.3) is 0 Å². The lowest BCUT2D eigenvalue weighted by molar-refractivity contribution is -0.752. The molecule has 0 unspecified atom stereocenters.